The van der Waals surface area contributed by atoms with Crippen molar-refractivity contribution in [1.29, 1.82) is 0 Å². The number of anilines is 2. The van der Waals surface area contributed by atoms with E-state index in [1.54, 1.807) is 0 Å². The SMILES string of the molecule is CCn1ccnc1Nc1ccc2c(c1)Cc1ccccc1-2. The second-order valence-corrected chi connectivity index (χ2v) is 5.37. The number of benzene rings is 2. The lowest BCUT2D eigenvalue weighted by Crippen LogP contribution is -2.01. The van der Waals surface area contributed by atoms with Crippen molar-refractivity contribution in [1.82, 2.24) is 9.55 Å². The zero-order chi connectivity index (χ0) is 14.2. The van der Waals surface area contributed by atoms with Gasteiger partial charge in [-0.3, -0.25) is 0 Å². The Kier molecular flexibility index (Phi) is 2.78. The molecule has 0 saturated carbocycles. The topological polar surface area (TPSA) is 29.9 Å². The predicted octanol–water partition coefficient (Wildman–Crippen LogP) is 4.22. The Balaban J connectivity index is 1.67. The summed E-state index contributed by atoms with van der Waals surface area (Å²) in [4.78, 5) is 4.37. The van der Waals surface area contributed by atoms with Gasteiger partial charge in [-0.2, -0.15) is 0 Å². The molecule has 4 rings (SSSR count). The fourth-order valence-electron chi connectivity index (χ4n) is 3.04. The van der Waals surface area contributed by atoms with Crippen molar-refractivity contribution in [2.75, 3.05) is 5.32 Å². The van der Waals surface area contributed by atoms with Gasteiger partial charge in [0.25, 0.3) is 0 Å². The molecule has 0 radical (unpaired) electrons. The molecule has 3 nitrogen and oxygen atoms in total. The van der Waals surface area contributed by atoms with Crippen molar-refractivity contribution in [2.24, 2.45) is 0 Å². The predicted molar refractivity (Wildman–Crippen MR) is 85.9 cm³/mol. The van der Waals surface area contributed by atoms with Crippen LogP contribution in [0.5, 0.6) is 0 Å². The number of rotatable bonds is 3. The van der Waals surface area contributed by atoms with Gasteiger partial charge < -0.3 is 9.88 Å². The molecule has 0 saturated heterocycles. The zero-order valence-electron chi connectivity index (χ0n) is 12.0. The van der Waals surface area contributed by atoms with Crippen molar-refractivity contribution in [3.8, 4) is 11.1 Å². The van der Waals surface area contributed by atoms with Crippen molar-refractivity contribution < 1.29 is 0 Å². The van der Waals surface area contributed by atoms with Crippen molar-refractivity contribution in [3.05, 3.63) is 66.0 Å². The lowest BCUT2D eigenvalue weighted by atomic mass is 10.1. The fraction of sp³-hybridized carbons (Fsp3) is 0.167. The van der Waals surface area contributed by atoms with Crippen LogP contribution in [0.15, 0.2) is 54.9 Å². The Morgan fingerprint density at radius 2 is 1.95 bits per heavy atom. The van der Waals surface area contributed by atoms with Crippen molar-refractivity contribution in [3.63, 3.8) is 0 Å². The van der Waals surface area contributed by atoms with Gasteiger partial charge in [0.15, 0.2) is 0 Å². The Labute approximate surface area is 124 Å². The summed E-state index contributed by atoms with van der Waals surface area (Å²) in [6, 6.07) is 15.2. The summed E-state index contributed by atoms with van der Waals surface area (Å²) in [5.41, 5.74) is 6.63. The van der Waals surface area contributed by atoms with E-state index in [1.807, 2.05) is 12.4 Å². The molecule has 3 aromatic rings. The molecule has 21 heavy (non-hydrogen) atoms. The summed E-state index contributed by atoms with van der Waals surface area (Å²) >= 11 is 0. The monoisotopic (exact) mass is 275 g/mol. The van der Waals surface area contributed by atoms with Crippen LogP contribution in [0.25, 0.3) is 11.1 Å². The van der Waals surface area contributed by atoms with Gasteiger partial charge in [0.1, 0.15) is 0 Å². The average molecular weight is 275 g/mol. The molecule has 0 bridgehead atoms. The van der Waals surface area contributed by atoms with Gasteiger partial charge in [-0.1, -0.05) is 30.3 Å². The van der Waals surface area contributed by atoms with Crippen LogP contribution in [0.3, 0.4) is 0 Å². The lowest BCUT2D eigenvalue weighted by molar-refractivity contribution is 0.772. The highest BCUT2D eigenvalue weighted by Crippen LogP contribution is 2.37. The summed E-state index contributed by atoms with van der Waals surface area (Å²) < 4.78 is 2.10. The Morgan fingerprint density at radius 3 is 2.86 bits per heavy atom. The fourth-order valence-corrected chi connectivity index (χ4v) is 3.04. The minimum absolute atomic E-state index is 0.896. The highest BCUT2D eigenvalue weighted by atomic mass is 15.2. The van der Waals surface area contributed by atoms with Crippen LogP contribution in [-0.4, -0.2) is 9.55 Å². The zero-order valence-corrected chi connectivity index (χ0v) is 12.0. The van der Waals surface area contributed by atoms with E-state index in [0.29, 0.717) is 0 Å². The Morgan fingerprint density at radius 1 is 1.10 bits per heavy atom. The Hall–Kier alpha value is -2.55. The van der Waals surface area contributed by atoms with Crippen LogP contribution >= 0.6 is 0 Å². The molecule has 0 atom stereocenters. The maximum Gasteiger partial charge on any atom is 0.207 e. The third kappa shape index (κ3) is 2.02. The van der Waals surface area contributed by atoms with E-state index in [9.17, 15) is 0 Å². The highest BCUT2D eigenvalue weighted by molar-refractivity contribution is 5.79. The molecule has 0 unspecified atom stereocenters. The van der Waals surface area contributed by atoms with Crippen molar-refractivity contribution >= 4 is 11.6 Å². The van der Waals surface area contributed by atoms with Crippen LogP contribution in [0, 0.1) is 0 Å². The number of imidazole rings is 1. The first-order valence-electron chi connectivity index (χ1n) is 7.34. The minimum atomic E-state index is 0.896. The maximum absolute atomic E-state index is 4.37. The van der Waals surface area contributed by atoms with E-state index in [2.05, 4.69) is 64.3 Å². The number of nitrogens with one attached hydrogen (secondary N) is 1. The van der Waals surface area contributed by atoms with E-state index < -0.39 is 0 Å². The average Bonchev–Trinajstić information content (AvgIpc) is 3.10. The van der Waals surface area contributed by atoms with Gasteiger partial charge in [-0.15, -0.1) is 0 Å². The molecule has 1 aliphatic carbocycles. The molecular formula is C18H17N3. The van der Waals surface area contributed by atoms with Crippen LogP contribution in [0.4, 0.5) is 11.6 Å². The molecule has 1 aliphatic rings. The molecule has 3 heteroatoms. The highest BCUT2D eigenvalue weighted by Gasteiger charge is 2.17. The first kappa shape index (κ1) is 12.2. The van der Waals surface area contributed by atoms with Gasteiger partial charge in [-0.05, 0) is 47.7 Å². The van der Waals surface area contributed by atoms with Crippen molar-refractivity contribution in [2.45, 2.75) is 19.9 Å². The summed E-state index contributed by atoms with van der Waals surface area (Å²) in [5, 5.41) is 3.41. The van der Waals surface area contributed by atoms with Crippen LogP contribution in [-0.2, 0) is 13.0 Å². The molecule has 0 spiro atoms. The Bertz CT molecular complexity index is 802. The molecule has 104 valence electrons. The summed E-state index contributed by atoms with van der Waals surface area (Å²) in [6.07, 6.45) is 4.84. The largest absolute Gasteiger partial charge is 0.326 e. The normalized spacial score (nSPS) is 12.0. The number of hydrogen-bond acceptors (Lipinski definition) is 2. The number of aromatic nitrogens is 2. The van der Waals surface area contributed by atoms with Gasteiger partial charge in [0, 0.05) is 24.6 Å². The molecule has 1 heterocycles. The van der Waals surface area contributed by atoms with Gasteiger partial charge in [0.2, 0.25) is 5.95 Å². The third-order valence-electron chi connectivity index (χ3n) is 4.11. The second kappa shape index (κ2) is 4.77. The van der Waals surface area contributed by atoms with E-state index >= 15 is 0 Å². The van der Waals surface area contributed by atoms with E-state index in [1.165, 1.54) is 22.3 Å². The number of aryl methyl sites for hydroxylation is 1. The van der Waals surface area contributed by atoms with E-state index in [0.717, 1.165) is 24.6 Å². The summed E-state index contributed by atoms with van der Waals surface area (Å²) in [7, 11) is 0. The standard InChI is InChI=1S/C18H17N3/c1-2-21-10-9-19-18(21)20-15-7-8-17-14(12-15)11-13-5-3-4-6-16(13)17/h3-10,12H,2,11H2,1H3,(H,19,20). The molecule has 0 aliphatic heterocycles. The lowest BCUT2D eigenvalue weighted by Gasteiger charge is -2.09. The molecule has 2 aromatic carbocycles. The molecule has 0 fully saturated rings. The number of hydrogen-bond donors (Lipinski definition) is 1. The van der Waals surface area contributed by atoms with Gasteiger partial charge in [0.05, 0.1) is 0 Å². The quantitative estimate of drug-likeness (QED) is 0.606. The number of fused-ring (bicyclic) bond motifs is 3. The van der Waals surface area contributed by atoms with E-state index in [-0.39, 0.29) is 0 Å². The summed E-state index contributed by atoms with van der Waals surface area (Å²) in [6.45, 7) is 3.03. The number of nitrogens with zero attached hydrogens (tertiary/aromatic N) is 2. The van der Waals surface area contributed by atoms with Gasteiger partial charge >= 0.3 is 0 Å². The smallest absolute Gasteiger partial charge is 0.207 e. The second-order valence-electron chi connectivity index (χ2n) is 5.37. The first-order valence-corrected chi connectivity index (χ1v) is 7.34. The van der Waals surface area contributed by atoms with Crippen LogP contribution < -0.4 is 5.32 Å². The van der Waals surface area contributed by atoms with Crippen LogP contribution in [0.1, 0.15) is 18.1 Å². The summed E-state index contributed by atoms with van der Waals surface area (Å²) in [5.74, 6) is 0.896. The first-order chi connectivity index (χ1) is 10.3. The molecular weight excluding hydrogens is 258 g/mol. The maximum atomic E-state index is 4.37. The van der Waals surface area contributed by atoms with Crippen LogP contribution in [0.2, 0.25) is 0 Å². The van der Waals surface area contributed by atoms with E-state index in [4.69, 9.17) is 0 Å². The molecule has 1 aromatic heterocycles. The third-order valence-corrected chi connectivity index (χ3v) is 4.11. The van der Waals surface area contributed by atoms with Gasteiger partial charge in [-0.25, -0.2) is 4.98 Å². The minimum Gasteiger partial charge on any atom is -0.326 e. The molecule has 1 N–H and O–H groups in total. The molecule has 0 amide bonds.